The van der Waals surface area contributed by atoms with Crippen molar-refractivity contribution >= 4 is 21.7 Å². The zero-order valence-electron chi connectivity index (χ0n) is 11.3. The third-order valence-corrected chi connectivity index (χ3v) is 4.71. The molecule has 7 heteroatoms. The molecule has 0 aliphatic heterocycles. The molecular weight excluding hydrogens is 292 g/mol. The summed E-state index contributed by atoms with van der Waals surface area (Å²) < 4.78 is 25.8. The van der Waals surface area contributed by atoms with Crippen LogP contribution in [0.15, 0.2) is 48.8 Å². The van der Waals surface area contributed by atoms with Crippen LogP contribution < -0.4 is 4.31 Å². The number of hydrogen-bond acceptors (Lipinski definition) is 4. The van der Waals surface area contributed by atoms with Crippen LogP contribution in [0.2, 0.25) is 0 Å². The van der Waals surface area contributed by atoms with E-state index in [1.807, 2.05) is 0 Å². The zero-order chi connectivity index (χ0) is 15.5. The summed E-state index contributed by atoms with van der Waals surface area (Å²) in [5.41, 5.74) is 0.990. The number of anilines is 1. The van der Waals surface area contributed by atoms with E-state index in [2.05, 4.69) is 4.98 Å². The van der Waals surface area contributed by atoms with Gasteiger partial charge < -0.3 is 5.11 Å². The second-order valence-electron chi connectivity index (χ2n) is 4.43. The molecule has 0 amide bonds. The van der Waals surface area contributed by atoms with E-state index in [0.717, 1.165) is 4.31 Å². The Morgan fingerprint density at radius 1 is 1.24 bits per heavy atom. The first-order chi connectivity index (χ1) is 9.90. The van der Waals surface area contributed by atoms with Crippen LogP contribution in [-0.2, 0) is 15.8 Å². The molecule has 0 fully saturated rings. The SMILES string of the molecule is CN(c1ccncc1)S(=O)(=O)Cc1cccc(C(=O)O)c1. The van der Waals surface area contributed by atoms with Crippen LogP contribution >= 0.6 is 0 Å². The molecule has 0 aliphatic carbocycles. The Morgan fingerprint density at radius 3 is 2.52 bits per heavy atom. The van der Waals surface area contributed by atoms with Crippen LogP contribution in [0, 0.1) is 0 Å². The number of carbonyl (C=O) groups is 1. The van der Waals surface area contributed by atoms with E-state index in [0.29, 0.717) is 11.3 Å². The van der Waals surface area contributed by atoms with Crippen LogP contribution in [0.3, 0.4) is 0 Å². The normalized spacial score (nSPS) is 11.1. The molecule has 6 nitrogen and oxygen atoms in total. The molecule has 0 saturated carbocycles. The molecule has 2 rings (SSSR count). The van der Waals surface area contributed by atoms with Crippen molar-refractivity contribution < 1.29 is 18.3 Å². The fourth-order valence-electron chi connectivity index (χ4n) is 1.82. The fourth-order valence-corrected chi connectivity index (χ4v) is 3.05. The summed E-state index contributed by atoms with van der Waals surface area (Å²) in [6.45, 7) is 0. The number of sulfonamides is 1. The Morgan fingerprint density at radius 2 is 1.90 bits per heavy atom. The van der Waals surface area contributed by atoms with Crippen molar-refractivity contribution in [2.24, 2.45) is 0 Å². The molecule has 0 aliphatic rings. The maximum absolute atomic E-state index is 12.3. The molecule has 0 unspecified atom stereocenters. The molecule has 2 aromatic rings. The quantitative estimate of drug-likeness (QED) is 0.909. The average molecular weight is 306 g/mol. The minimum absolute atomic E-state index is 0.0641. The van der Waals surface area contributed by atoms with Gasteiger partial charge in [-0.15, -0.1) is 0 Å². The van der Waals surface area contributed by atoms with Crippen molar-refractivity contribution in [1.82, 2.24) is 4.98 Å². The van der Waals surface area contributed by atoms with Gasteiger partial charge in [-0.1, -0.05) is 12.1 Å². The monoisotopic (exact) mass is 306 g/mol. The number of carboxylic acids is 1. The standard InChI is InChI=1S/C14H14N2O4S/c1-16(13-5-7-15-8-6-13)21(19,20)10-11-3-2-4-12(9-11)14(17)18/h2-9H,10H2,1H3,(H,17,18). The number of carboxylic acid groups (broad SMARTS) is 1. The van der Waals surface area contributed by atoms with Gasteiger partial charge in [0.1, 0.15) is 0 Å². The summed E-state index contributed by atoms with van der Waals surface area (Å²) in [7, 11) is -2.15. The lowest BCUT2D eigenvalue weighted by Crippen LogP contribution is -2.27. The molecule has 1 aromatic heterocycles. The molecule has 110 valence electrons. The molecule has 0 atom stereocenters. The highest BCUT2D eigenvalue weighted by molar-refractivity contribution is 7.92. The summed E-state index contributed by atoms with van der Waals surface area (Å²) in [6, 6.07) is 9.08. The number of nitrogens with zero attached hydrogens (tertiary/aromatic N) is 2. The van der Waals surface area contributed by atoms with E-state index in [9.17, 15) is 13.2 Å². The van der Waals surface area contributed by atoms with Crippen molar-refractivity contribution in [3.05, 3.63) is 59.9 Å². The maximum Gasteiger partial charge on any atom is 0.335 e. The maximum atomic E-state index is 12.3. The first-order valence-electron chi connectivity index (χ1n) is 6.09. The van der Waals surface area contributed by atoms with Gasteiger partial charge in [-0.3, -0.25) is 9.29 Å². The predicted molar refractivity (Wildman–Crippen MR) is 78.7 cm³/mol. The minimum Gasteiger partial charge on any atom is -0.478 e. The topological polar surface area (TPSA) is 87.6 Å². The number of benzene rings is 1. The Balaban J connectivity index is 2.25. The van der Waals surface area contributed by atoms with Gasteiger partial charge in [-0.2, -0.15) is 0 Å². The first kappa shape index (κ1) is 15.0. The van der Waals surface area contributed by atoms with Crippen molar-refractivity contribution in [2.45, 2.75) is 5.75 Å². The van der Waals surface area contributed by atoms with Crippen LogP contribution in [0.4, 0.5) is 5.69 Å². The number of hydrogen-bond donors (Lipinski definition) is 1. The second-order valence-corrected chi connectivity index (χ2v) is 6.43. The van der Waals surface area contributed by atoms with Crippen LogP contribution in [-0.4, -0.2) is 31.5 Å². The molecule has 0 radical (unpaired) electrons. The van der Waals surface area contributed by atoms with Gasteiger partial charge in [0, 0.05) is 19.4 Å². The molecule has 0 spiro atoms. The summed E-state index contributed by atoms with van der Waals surface area (Å²) in [5.74, 6) is -1.36. The van der Waals surface area contributed by atoms with Crippen LogP contribution in [0.25, 0.3) is 0 Å². The minimum atomic E-state index is -3.60. The summed E-state index contributed by atoms with van der Waals surface area (Å²) in [5, 5.41) is 8.93. The number of aromatic nitrogens is 1. The first-order valence-corrected chi connectivity index (χ1v) is 7.70. The molecule has 0 saturated heterocycles. The van der Waals surface area contributed by atoms with E-state index in [1.54, 1.807) is 18.2 Å². The highest BCUT2D eigenvalue weighted by atomic mass is 32.2. The van der Waals surface area contributed by atoms with E-state index in [4.69, 9.17) is 5.11 Å². The van der Waals surface area contributed by atoms with Gasteiger partial charge in [0.15, 0.2) is 0 Å². The Hall–Kier alpha value is -2.41. The van der Waals surface area contributed by atoms with Gasteiger partial charge in [0.2, 0.25) is 10.0 Å². The van der Waals surface area contributed by atoms with Crippen LogP contribution in [0.5, 0.6) is 0 Å². The number of aromatic carboxylic acids is 1. The largest absolute Gasteiger partial charge is 0.478 e. The van der Waals surface area contributed by atoms with Crippen molar-refractivity contribution in [3.63, 3.8) is 0 Å². The summed E-state index contributed by atoms with van der Waals surface area (Å²) >= 11 is 0. The zero-order valence-corrected chi connectivity index (χ0v) is 12.1. The van der Waals surface area contributed by atoms with E-state index >= 15 is 0 Å². The summed E-state index contributed by atoms with van der Waals surface area (Å²) in [4.78, 5) is 14.7. The molecule has 1 heterocycles. The lowest BCUT2D eigenvalue weighted by molar-refractivity contribution is 0.0696. The number of pyridine rings is 1. The van der Waals surface area contributed by atoms with E-state index in [-0.39, 0.29) is 11.3 Å². The van der Waals surface area contributed by atoms with E-state index < -0.39 is 16.0 Å². The number of rotatable bonds is 5. The van der Waals surface area contributed by atoms with E-state index in [1.165, 1.54) is 37.6 Å². The van der Waals surface area contributed by atoms with Crippen molar-refractivity contribution in [1.29, 1.82) is 0 Å². The van der Waals surface area contributed by atoms with Gasteiger partial charge in [-0.05, 0) is 29.8 Å². The molecule has 0 bridgehead atoms. The fraction of sp³-hybridized carbons (Fsp3) is 0.143. The van der Waals surface area contributed by atoms with Gasteiger partial charge in [0.05, 0.1) is 17.0 Å². The Bertz CT molecular complexity index is 745. The van der Waals surface area contributed by atoms with Crippen molar-refractivity contribution in [3.8, 4) is 0 Å². The molecule has 21 heavy (non-hydrogen) atoms. The predicted octanol–water partition coefficient (Wildman–Crippen LogP) is 1.75. The third kappa shape index (κ3) is 3.57. The highest BCUT2D eigenvalue weighted by Crippen LogP contribution is 2.18. The van der Waals surface area contributed by atoms with Crippen molar-refractivity contribution in [2.75, 3.05) is 11.4 Å². The van der Waals surface area contributed by atoms with Gasteiger partial charge in [-0.25, -0.2) is 13.2 Å². The lowest BCUT2D eigenvalue weighted by Gasteiger charge is -2.19. The average Bonchev–Trinajstić information content (AvgIpc) is 2.47. The molecular formula is C14H14N2O4S. The molecule has 1 N–H and O–H groups in total. The van der Waals surface area contributed by atoms with Gasteiger partial charge >= 0.3 is 5.97 Å². The highest BCUT2D eigenvalue weighted by Gasteiger charge is 2.19. The Kier molecular flexibility index (Phi) is 4.23. The molecule has 1 aromatic carbocycles. The smallest absolute Gasteiger partial charge is 0.335 e. The summed E-state index contributed by atoms with van der Waals surface area (Å²) in [6.07, 6.45) is 3.01. The third-order valence-electron chi connectivity index (χ3n) is 2.97. The van der Waals surface area contributed by atoms with Gasteiger partial charge in [0.25, 0.3) is 0 Å². The Labute approximate surface area is 122 Å². The lowest BCUT2D eigenvalue weighted by atomic mass is 10.1. The van der Waals surface area contributed by atoms with Crippen LogP contribution in [0.1, 0.15) is 15.9 Å². The second kappa shape index (κ2) is 5.92.